The molecule has 0 unspecified atom stereocenters. The molecule has 2 nitrogen and oxygen atoms in total. The van der Waals surface area contributed by atoms with Crippen molar-refractivity contribution < 1.29 is 31.1 Å². The maximum absolute atomic E-state index is 12.3. The Morgan fingerprint density at radius 1 is 0.656 bits per heavy atom. The van der Waals surface area contributed by atoms with Crippen LogP contribution in [0.4, 0.5) is 26.3 Å². The van der Waals surface area contributed by atoms with Crippen LogP contribution in [0.1, 0.15) is 30.5 Å². The van der Waals surface area contributed by atoms with Gasteiger partial charge in [-0.15, -0.1) is 0 Å². The Bertz CT molecular complexity index is 947. The molecule has 3 rings (SSSR count). The average Bonchev–Trinajstić information content (AvgIpc) is 2.75. The van der Waals surface area contributed by atoms with E-state index in [1.807, 2.05) is 44.2 Å². The molecule has 0 fully saturated rings. The topological polar surface area (TPSA) is 43.1 Å². The second-order valence-corrected chi connectivity index (χ2v) is 6.28. The summed E-state index contributed by atoms with van der Waals surface area (Å²) in [4.78, 5) is 10.5. The lowest BCUT2D eigenvalue weighted by Crippen LogP contribution is -2.13. The van der Waals surface area contributed by atoms with Gasteiger partial charge in [-0.05, 0) is 41.0 Å². The number of amides is 1. The molecular formula is C24H23F6NO. The van der Waals surface area contributed by atoms with Crippen LogP contribution in [0.2, 0.25) is 0 Å². The van der Waals surface area contributed by atoms with Crippen LogP contribution in [-0.4, -0.2) is 5.91 Å². The summed E-state index contributed by atoms with van der Waals surface area (Å²) in [7, 11) is 0. The number of hydrogen-bond acceptors (Lipinski definition) is 1. The quantitative estimate of drug-likeness (QED) is 0.420. The van der Waals surface area contributed by atoms with Crippen LogP contribution in [0, 0.1) is 0 Å². The summed E-state index contributed by atoms with van der Waals surface area (Å²) in [6.07, 6.45) is -8.65. The van der Waals surface area contributed by atoms with Gasteiger partial charge in [-0.25, -0.2) is 0 Å². The van der Waals surface area contributed by atoms with Gasteiger partial charge in [0.15, 0.2) is 0 Å². The summed E-state index contributed by atoms with van der Waals surface area (Å²) in [5, 5.41) is 0. The zero-order valence-corrected chi connectivity index (χ0v) is 17.5. The van der Waals surface area contributed by atoms with E-state index in [-0.39, 0.29) is 6.42 Å². The molecule has 0 bridgehead atoms. The van der Waals surface area contributed by atoms with Crippen molar-refractivity contribution in [3.8, 4) is 11.1 Å². The van der Waals surface area contributed by atoms with Crippen LogP contribution in [0.5, 0.6) is 0 Å². The van der Waals surface area contributed by atoms with Crippen LogP contribution in [0.25, 0.3) is 11.1 Å². The lowest BCUT2D eigenvalue weighted by atomic mass is 10.0. The third kappa shape index (κ3) is 8.83. The number of primary amides is 1. The van der Waals surface area contributed by atoms with Crippen molar-refractivity contribution in [2.24, 2.45) is 5.73 Å². The van der Waals surface area contributed by atoms with Crippen molar-refractivity contribution in [2.75, 3.05) is 0 Å². The van der Waals surface area contributed by atoms with Gasteiger partial charge in [0.1, 0.15) is 0 Å². The highest BCUT2D eigenvalue weighted by Gasteiger charge is 2.30. The Labute approximate surface area is 182 Å². The molecule has 0 saturated carbocycles. The highest BCUT2D eigenvalue weighted by atomic mass is 19.4. The van der Waals surface area contributed by atoms with Gasteiger partial charge in [0.05, 0.1) is 17.5 Å². The first-order chi connectivity index (χ1) is 15.0. The number of carbonyl (C=O) groups is 1. The standard InChI is InChI=1S/C13H9F3.C9H8F3NO.C2H6/c14-13(15,16)12-8-6-11(7-9-12)10-4-2-1-3-5-10;10-9(11,12)7-3-1-6(2-4-7)5-8(13)14;1-2/h1-9H;1-4H,5H2,(H2,13,14);1-2H3. The minimum Gasteiger partial charge on any atom is -0.369 e. The third-order valence-electron chi connectivity index (χ3n) is 3.98. The van der Waals surface area contributed by atoms with Gasteiger partial charge in [-0.2, -0.15) is 26.3 Å². The van der Waals surface area contributed by atoms with Gasteiger partial charge in [-0.3, -0.25) is 4.79 Å². The normalized spacial score (nSPS) is 10.9. The minimum absolute atomic E-state index is 0.0435. The molecule has 0 radical (unpaired) electrons. The summed E-state index contributed by atoms with van der Waals surface area (Å²) in [5.41, 5.74) is 5.71. The fourth-order valence-electron chi connectivity index (χ4n) is 2.50. The SMILES string of the molecule is CC.FC(F)(F)c1ccc(-c2ccccc2)cc1.NC(=O)Cc1ccc(C(F)(F)F)cc1. The number of carbonyl (C=O) groups excluding carboxylic acids is 1. The molecule has 3 aromatic carbocycles. The van der Waals surface area contributed by atoms with Crippen LogP contribution < -0.4 is 5.73 Å². The van der Waals surface area contributed by atoms with Crippen molar-refractivity contribution in [2.45, 2.75) is 32.6 Å². The van der Waals surface area contributed by atoms with Crippen molar-refractivity contribution in [1.29, 1.82) is 0 Å². The largest absolute Gasteiger partial charge is 0.416 e. The van der Waals surface area contributed by atoms with Gasteiger partial charge >= 0.3 is 12.4 Å². The highest BCUT2D eigenvalue weighted by Crippen LogP contribution is 2.31. The van der Waals surface area contributed by atoms with Crippen molar-refractivity contribution >= 4 is 5.91 Å². The molecule has 0 aliphatic carbocycles. The van der Waals surface area contributed by atoms with Crippen molar-refractivity contribution in [3.05, 3.63) is 95.6 Å². The Kier molecular flexibility index (Phi) is 9.97. The first-order valence-electron chi connectivity index (χ1n) is 9.64. The van der Waals surface area contributed by atoms with E-state index >= 15 is 0 Å². The Balaban J connectivity index is 0.000000300. The molecule has 32 heavy (non-hydrogen) atoms. The van der Waals surface area contributed by atoms with E-state index < -0.39 is 29.4 Å². The van der Waals surface area contributed by atoms with Crippen LogP contribution in [0.15, 0.2) is 78.9 Å². The Hall–Kier alpha value is -3.29. The Morgan fingerprint density at radius 3 is 1.41 bits per heavy atom. The van der Waals surface area contributed by atoms with E-state index in [1.165, 1.54) is 24.3 Å². The molecule has 0 aromatic heterocycles. The maximum atomic E-state index is 12.3. The molecule has 0 spiro atoms. The second-order valence-electron chi connectivity index (χ2n) is 6.28. The fraction of sp³-hybridized carbons (Fsp3) is 0.208. The zero-order valence-electron chi connectivity index (χ0n) is 17.5. The van der Waals surface area contributed by atoms with E-state index in [4.69, 9.17) is 5.73 Å². The third-order valence-corrected chi connectivity index (χ3v) is 3.98. The van der Waals surface area contributed by atoms with E-state index in [0.29, 0.717) is 5.56 Å². The van der Waals surface area contributed by atoms with Gasteiger partial charge in [0, 0.05) is 0 Å². The first-order valence-corrected chi connectivity index (χ1v) is 9.64. The van der Waals surface area contributed by atoms with E-state index in [1.54, 1.807) is 0 Å². The molecule has 172 valence electrons. The summed E-state index contributed by atoms with van der Waals surface area (Å²) in [5.74, 6) is -0.565. The van der Waals surface area contributed by atoms with Crippen LogP contribution in [0.3, 0.4) is 0 Å². The second kappa shape index (κ2) is 11.9. The molecule has 0 atom stereocenters. The molecule has 0 saturated heterocycles. The number of hydrogen-bond donors (Lipinski definition) is 1. The van der Waals surface area contributed by atoms with Gasteiger partial charge in [0.2, 0.25) is 5.91 Å². The monoisotopic (exact) mass is 455 g/mol. The molecule has 0 heterocycles. The van der Waals surface area contributed by atoms with Crippen LogP contribution in [-0.2, 0) is 23.6 Å². The predicted octanol–water partition coefficient (Wildman–Crippen LogP) is 7.13. The first kappa shape index (κ1) is 26.7. The summed E-state index contributed by atoms with van der Waals surface area (Å²) >= 11 is 0. The number of nitrogens with two attached hydrogens (primary N) is 1. The van der Waals surface area contributed by atoms with Gasteiger partial charge in [-0.1, -0.05) is 68.4 Å². The number of alkyl halides is 6. The predicted molar refractivity (Wildman–Crippen MR) is 113 cm³/mol. The van der Waals surface area contributed by atoms with E-state index in [9.17, 15) is 31.1 Å². The van der Waals surface area contributed by atoms with Crippen molar-refractivity contribution in [1.82, 2.24) is 0 Å². The smallest absolute Gasteiger partial charge is 0.369 e. The number of rotatable bonds is 3. The lowest BCUT2D eigenvalue weighted by Gasteiger charge is -2.07. The number of halogens is 6. The molecule has 1 amide bonds. The van der Waals surface area contributed by atoms with Crippen LogP contribution >= 0.6 is 0 Å². The molecule has 3 aromatic rings. The van der Waals surface area contributed by atoms with Gasteiger partial charge in [0.25, 0.3) is 0 Å². The molecule has 2 N–H and O–H groups in total. The summed E-state index contributed by atoms with van der Waals surface area (Å²) < 4.78 is 73.2. The summed E-state index contributed by atoms with van der Waals surface area (Å²) in [6, 6.07) is 18.8. The minimum atomic E-state index is -4.34. The zero-order chi connectivity index (χ0) is 24.4. The average molecular weight is 455 g/mol. The summed E-state index contributed by atoms with van der Waals surface area (Å²) in [6.45, 7) is 4.00. The fourth-order valence-corrected chi connectivity index (χ4v) is 2.50. The Morgan fingerprint density at radius 2 is 1.03 bits per heavy atom. The molecule has 8 heteroatoms. The lowest BCUT2D eigenvalue weighted by molar-refractivity contribution is -0.138. The molecular weight excluding hydrogens is 432 g/mol. The van der Waals surface area contributed by atoms with Crippen molar-refractivity contribution in [3.63, 3.8) is 0 Å². The maximum Gasteiger partial charge on any atom is 0.416 e. The number of benzene rings is 3. The molecule has 0 aliphatic rings. The van der Waals surface area contributed by atoms with E-state index in [0.717, 1.165) is 35.4 Å². The molecule has 0 aliphatic heterocycles. The van der Waals surface area contributed by atoms with E-state index in [2.05, 4.69) is 0 Å². The van der Waals surface area contributed by atoms with Gasteiger partial charge < -0.3 is 5.73 Å². The highest BCUT2D eigenvalue weighted by molar-refractivity contribution is 5.76.